The Morgan fingerprint density at radius 3 is 1.79 bits per heavy atom. The third-order valence-corrected chi connectivity index (χ3v) is 9.08. The number of aromatic nitrogens is 2. The van der Waals surface area contributed by atoms with Crippen molar-refractivity contribution in [1.82, 2.24) is 9.55 Å². The molecule has 0 saturated heterocycles. The quantitative estimate of drug-likeness (QED) is 0.256. The van der Waals surface area contributed by atoms with Crippen LogP contribution in [0.5, 0.6) is 0 Å². The van der Waals surface area contributed by atoms with E-state index in [1.54, 1.807) is 11.1 Å². The maximum atomic E-state index is 4.91. The Kier molecular flexibility index (Phi) is 7.49. The van der Waals surface area contributed by atoms with Crippen LogP contribution < -0.4 is 0 Å². The lowest BCUT2D eigenvalue weighted by Gasteiger charge is -2.31. The maximum Gasteiger partial charge on any atom is 0.144 e. The zero-order valence-corrected chi connectivity index (χ0v) is 23.2. The third kappa shape index (κ3) is 5.10. The molecule has 0 unspecified atom stereocenters. The van der Waals surface area contributed by atoms with Crippen LogP contribution in [0.2, 0.25) is 0 Å². The highest BCUT2D eigenvalue weighted by molar-refractivity contribution is 5.72. The lowest BCUT2D eigenvalue weighted by atomic mass is 9.77. The second-order valence-electron chi connectivity index (χ2n) is 11.9. The van der Waals surface area contributed by atoms with Gasteiger partial charge >= 0.3 is 0 Å². The second kappa shape index (κ2) is 11.3. The SMILES string of the molecule is CC(C)c1ccc(-c2cc(C3CCCCC3)c(-n3ccnc3-c3ccccc3)c(C3CCCCC3)c2)cc1. The zero-order chi connectivity index (χ0) is 25.9. The van der Waals surface area contributed by atoms with Gasteiger partial charge in [-0.1, -0.05) is 107 Å². The Morgan fingerprint density at radius 2 is 1.24 bits per heavy atom. The van der Waals surface area contributed by atoms with Crippen molar-refractivity contribution in [3.8, 4) is 28.2 Å². The molecule has 4 aromatic rings. The topological polar surface area (TPSA) is 17.8 Å². The van der Waals surface area contributed by atoms with Crippen molar-refractivity contribution >= 4 is 0 Å². The van der Waals surface area contributed by atoms with E-state index in [-0.39, 0.29) is 0 Å². The summed E-state index contributed by atoms with van der Waals surface area (Å²) in [5, 5.41) is 0. The molecule has 1 aromatic heterocycles. The molecule has 0 atom stereocenters. The first-order chi connectivity index (χ1) is 18.7. The lowest BCUT2D eigenvalue weighted by molar-refractivity contribution is 0.434. The molecule has 0 N–H and O–H groups in total. The van der Waals surface area contributed by atoms with Crippen LogP contribution in [-0.4, -0.2) is 9.55 Å². The summed E-state index contributed by atoms with van der Waals surface area (Å²) in [5.74, 6) is 2.84. The first-order valence-corrected chi connectivity index (χ1v) is 15.1. The van der Waals surface area contributed by atoms with E-state index in [1.165, 1.54) is 92.1 Å². The monoisotopic (exact) mass is 502 g/mol. The molecule has 2 nitrogen and oxygen atoms in total. The molecule has 0 amide bonds. The fraction of sp³-hybridized carbons (Fsp3) is 0.417. The van der Waals surface area contributed by atoms with Gasteiger partial charge in [0, 0.05) is 18.0 Å². The minimum Gasteiger partial charge on any atom is -0.299 e. The van der Waals surface area contributed by atoms with Gasteiger partial charge in [0.1, 0.15) is 5.82 Å². The fourth-order valence-electron chi connectivity index (χ4n) is 6.92. The van der Waals surface area contributed by atoms with Gasteiger partial charge in [-0.05, 0) is 83.4 Å². The average Bonchev–Trinajstić information content (AvgIpc) is 3.47. The van der Waals surface area contributed by atoms with Crippen molar-refractivity contribution in [1.29, 1.82) is 0 Å². The highest BCUT2D eigenvalue weighted by Crippen LogP contribution is 2.45. The largest absolute Gasteiger partial charge is 0.299 e. The Balaban J connectivity index is 1.57. The van der Waals surface area contributed by atoms with Gasteiger partial charge in [-0.3, -0.25) is 4.57 Å². The Morgan fingerprint density at radius 1 is 0.658 bits per heavy atom. The summed E-state index contributed by atoms with van der Waals surface area (Å²) in [7, 11) is 0. The highest BCUT2D eigenvalue weighted by Gasteiger charge is 2.28. The number of rotatable bonds is 6. The van der Waals surface area contributed by atoms with E-state index in [0.29, 0.717) is 17.8 Å². The zero-order valence-electron chi connectivity index (χ0n) is 23.2. The first-order valence-electron chi connectivity index (χ1n) is 15.1. The first kappa shape index (κ1) is 25.2. The van der Waals surface area contributed by atoms with Gasteiger partial charge in [0.25, 0.3) is 0 Å². The number of imidazole rings is 1. The van der Waals surface area contributed by atoms with Crippen LogP contribution in [0.1, 0.15) is 112 Å². The second-order valence-corrected chi connectivity index (χ2v) is 11.9. The molecule has 196 valence electrons. The molecule has 0 radical (unpaired) electrons. The molecule has 2 heteroatoms. The van der Waals surface area contributed by atoms with Crippen molar-refractivity contribution in [2.24, 2.45) is 0 Å². The van der Waals surface area contributed by atoms with Crippen molar-refractivity contribution in [3.63, 3.8) is 0 Å². The van der Waals surface area contributed by atoms with Gasteiger partial charge in [0.2, 0.25) is 0 Å². The van der Waals surface area contributed by atoms with Crippen LogP contribution >= 0.6 is 0 Å². The van der Waals surface area contributed by atoms with Crippen molar-refractivity contribution < 1.29 is 0 Å². The molecule has 6 rings (SSSR count). The van der Waals surface area contributed by atoms with Gasteiger partial charge in [-0.25, -0.2) is 4.98 Å². The van der Waals surface area contributed by atoms with Gasteiger partial charge in [0.15, 0.2) is 0 Å². The van der Waals surface area contributed by atoms with Gasteiger partial charge < -0.3 is 0 Å². The predicted molar refractivity (Wildman–Crippen MR) is 160 cm³/mol. The Labute approximate surface area is 229 Å². The minimum absolute atomic E-state index is 0.555. The summed E-state index contributed by atoms with van der Waals surface area (Å²) in [6.07, 6.45) is 17.5. The van der Waals surface area contributed by atoms with Crippen LogP contribution in [0.4, 0.5) is 0 Å². The van der Waals surface area contributed by atoms with E-state index >= 15 is 0 Å². The molecule has 38 heavy (non-hydrogen) atoms. The Bertz CT molecular complexity index is 1290. The van der Waals surface area contributed by atoms with E-state index in [9.17, 15) is 0 Å². The molecule has 0 bridgehead atoms. The summed E-state index contributed by atoms with van der Waals surface area (Å²) < 4.78 is 2.44. The van der Waals surface area contributed by atoms with E-state index in [1.807, 2.05) is 6.20 Å². The summed E-state index contributed by atoms with van der Waals surface area (Å²) in [5.41, 5.74) is 9.88. The molecule has 2 fully saturated rings. The van der Waals surface area contributed by atoms with Crippen molar-refractivity contribution in [3.05, 3.63) is 95.8 Å². The van der Waals surface area contributed by atoms with Gasteiger partial charge in [-0.2, -0.15) is 0 Å². The molecule has 2 aliphatic rings. The number of benzene rings is 3. The smallest absolute Gasteiger partial charge is 0.144 e. The predicted octanol–water partition coefficient (Wildman–Crippen LogP) is 10.4. The van der Waals surface area contributed by atoms with Crippen molar-refractivity contribution in [2.45, 2.75) is 95.8 Å². The molecular weight excluding hydrogens is 460 g/mol. The number of hydrogen-bond acceptors (Lipinski definition) is 1. The van der Waals surface area contributed by atoms with Gasteiger partial charge in [0.05, 0.1) is 5.69 Å². The standard InChI is InChI=1S/C36H42N2/c1-26(2)27-18-20-28(21-19-27)32-24-33(29-12-6-3-7-13-29)35(34(25-32)30-14-8-4-9-15-30)38-23-22-37-36(38)31-16-10-5-11-17-31/h5,10-11,16-26,29-30H,3-4,6-9,12-15H2,1-2H3. The maximum absolute atomic E-state index is 4.91. The minimum atomic E-state index is 0.555. The molecule has 3 aromatic carbocycles. The fourth-order valence-corrected chi connectivity index (χ4v) is 6.92. The Hall–Kier alpha value is -3.13. The van der Waals surface area contributed by atoms with Crippen LogP contribution in [0.15, 0.2) is 79.1 Å². The van der Waals surface area contributed by atoms with Crippen LogP contribution in [0, 0.1) is 0 Å². The lowest BCUT2D eigenvalue weighted by Crippen LogP contribution is -2.15. The summed E-state index contributed by atoms with van der Waals surface area (Å²) in [6.45, 7) is 4.56. The molecule has 1 heterocycles. The van der Waals surface area contributed by atoms with E-state index in [2.05, 4.69) is 91.3 Å². The van der Waals surface area contributed by atoms with E-state index < -0.39 is 0 Å². The average molecular weight is 503 g/mol. The summed E-state index contributed by atoms with van der Waals surface area (Å²) in [4.78, 5) is 4.91. The molecular formula is C36H42N2. The number of nitrogens with zero attached hydrogens (tertiary/aromatic N) is 2. The highest BCUT2D eigenvalue weighted by atomic mass is 15.1. The van der Waals surface area contributed by atoms with Gasteiger partial charge in [-0.15, -0.1) is 0 Å². The molecule has 0 aliphatic heterocycles. The van der Waals surface area contributed by atoms with Crippen LogP contribution in [0.25, 0.3) is 28.2 Å². The van der Waals surface area contributed by atoms with E-state index in [0.717, 1.165) is 5.82 Å². The molecule has 2 saturated carbocycles. The third-order valence-electron chi connectivity index (χ3n) is 9.08. The summed E-state index contributed by atoms with van der Waals surface area (Å²) in [6, 6.07) is 25.2. The van der Waals surface area contributed by atoms with Crippen LogP contribution in [0.3, 0.4) is 0 Å². The molecule has 2 aliphatic carbocycles. The van der Waals surface area contributed by atoms with Crippen molar-refractivity contribution in [2.75, 3.05) is 0 Å². The van der Waals surface area contributed by atoms with Crippen LogP contribution in [-0.2, 0) is 0 Å². The van der Waals surface area contributed by atoms with E-state index in [4.69, 9.17) is 4.98 Å². The molecule has 0 spiro atoms. The number of hydrogen-bond donors (Lipinski definition) is 0. The summed E-state index contributed by atoms with van der Waals surface area (Å²) >= 11 is 0. The normalized spacial score (nSPS) is 17.2.